The van der Waals surface area contributed by atoms with Crippen LogP contribution in [0.2, 0.25) is 0 Å². The summed E-state index contributed by atoms with van der Waals surface area (Å²) in [4.78, 5) is 15.6. The Bertz CT molecular complexity index is 520. The van der Waals surface area contributed by atoms with Gasteiger partial charge in [0.15, 0.2) is 0 Å². The smallest absolute Gasteiger partial charge is 0.305 e. The number of piperidine rings is 1. The number of aliphatic carboxylic acids is 1. The molecule has 1 aromatic rings. The van der Waals surface area contributed by atoms with Crippen LogP contribution in [-0.2, 0) is 17.9 Å². The third kappa shape index (κ3) is 3.67. The van der Waals surface area contributed by atoms with E-state index in [1.54, 1.807) is 4.68 Å². The Kier molecular flexibility index (Phi) is 4.49. The Hall–Kier alpha value is -1.40. The third-order valence-electron chi connectivity index (χ3n) is 5.21. The van der Waals surface area contributed by atoms with Gasteiger partial charge in [-0.3, -0.25) is 14.4 Å². The number of aromatic nitrogens is 2. The van der Waals surface area contributed by atoms with Gasteiger partial charge in [-0.2, -0.15) is 5.10 Å². The average Bonchev–Trinajstić information content (AvgIpc) is 3.09. The summed E-state index contributed by atoms with van der Waals surface area (Å²) in [5.41, 5.74) is 1.72. The van der Waals surface area contributed by atoms with E-state index in [2.05, 4.69) is 21.9 Å². The zero-order valence-electron chi connectivity index (χ0n) is 13.4. The van der Waals surface area contributed by atoms with Gasteiger partial charge in [0.25, 0.3) is 0 Å². The minimum absolute atomic E-state index is 0.126. The van der Waals surface area contributed by atoms with Crippen molar-refractivity contribution in [1.82, 2.24) is 19.6 Å². The van der Waals surface area contributed by atoms with Crippen LogP contribution in [0.4, 0.5) is 0 Å². The topological polar surface area (TPSA) is 61.6 Å². The highest BCUT2D eigenvalue weighted by Gasteiger charge is 2.39. The molecule has 2 saturated heterocycles. The van der Waals surface area contributed by atoms with E-state index in [1.807, 2.05) is 12.4 Å². The highest BCUT2D eigenvalue weighted by atomic mass is 16.4. The molecule has 1 aromatic heterocycles. The first-order valence-electron chi connectivity index (χ1n) is 8.19. The van der Waals surface area contributed by atoms with Crippen molar-refractivity contribution in [3.63, 3.8) is 0 Å². The van der Waals surface area contributed by atoms with E-state index in [1.165, 1.54) is 51.0 Å². The van der Waals surface area contributed by atoms with Gasteiger partial charge in [-0.05, 0) is 51.4 Å². The van der Waals surface area contributed by atoms with Crippen molar-refractivity contribution < 1.29 is 9.90 Å². The molecule has 3 heterocycles. The van der Waals surface area contributed by atoms with Crippen molar-refractivity contribution in [2.75, 3.05) is 33.2 Å². The monoisotopic (exact) mass is 306 g/mol. The highest BCUT2D eigenvalue weighted by molar-refractivity contribution is 5.66. The number of rotatable bonds is 5. The molecule has 0 amide bonds. The Labute approximate surface area is 131 Å². The molecule has 2 aliphatic rings. The maximum atomic E-state index is 10.6. The lowest BCUT2D eigenvalue weighted by Gasteiger charge is -2.37. The van der Waals surface area contributed by atoms with E-state index >= 15 is 0 Å². The summed E-state index contributed by atoms with van der Waals surface area (Å²) in [5, 5.41) is 13.0. The van der Waals surface area contributed by atoms with Gasteiger partial charge in [0.1, 0.15) is 0 Å². The van der Waals surface area contributed by atoms with Crippen LogP contribution in [0.25, 0.3) is 0 Å². The second kappa shape index (κ2) is 6.38. The minimum Gasteiger partial charge on any atom is -0.481 e. The van der Waals surface area contributed by atoms with E-state index in [0.717, 1.165) is 6.54 Å². The summed E-state index contributed by atoms with van der Waals surface area (Å²) in [5.74, 6) is -0.777. The first kappa shape index (κ1) is 15.5. The summed E-state index contributed by atoms with van der Waals surface area (Å²) in [6, 6.07) is 0. The highest BCUT2D eigenvalue weighted by Crippen LogP contribution is 2.40. The summed E-state index contributed by atoms with van der Waals surface area (Å²) in [7, 11) is 2.21. The molecule has 0 radical (unpaired) electrons. The molecule has 22 heavy (non-hydrogen) atoms. The number of carboxylic acid groups (broad SMARTS) is 1. The Morgan fingerprint density at radius 3 is 2.77 bits per heavy atom. The Morgan fingerprint density at radius 1 is 1.32 bits per heavy atom. The summed E-state index contributed by atoms with van der Waals surface area (Å²) in [6.45, 7) is 6.20. The van der Waals surface area contributed by atoms with Crippen molar-refractivity contribution in [3.05, 3.63) is 18.0 Å². The van der Waals surface area contributed by atoms with E-state index in [-0.39, 0.29) is 6.42 Å². The first-order chi connectivity index (χ1) is 10.5. The van der Waals surface area contributed by atoms with Crippen LogP contribution in [-0.4, -0.2) is 63.9 Å². The first-order valence-corrected chi connectivity index (χ1v) is 8.19. The molecule has 0 aromatic carbocycles. The SMILES string of the molecule is CN1CCC2(CC1)CCN(Cc1cnn(CCC(=O)O)c1)C2. The van der Waals surface area contributed by atoms with Crippen LogP contribution in [0.1, 0.15) is 31.2 Å². The fraction of sp³-hybridized carbons (Fsp3) is 0.750. The number of hydrogen-bond donors (Lipinski definition) is 1. The van der Waals surface area contributed by atoms with E-state index < -0.39 is 5.97 Å². The van der Waals surface area contributed by atoms with Gasteiger partial charge < -0.3 is 10.0 Å². The van der Waals surface area contributed by atoms with Crippen molar-refractivity contribution in [1.29, 1.82) is 0 Å². The Balaban J connectivity index is 1.51. The van der Waals surface area contributed by atoms with Gasteiger partial charge in [0.2, 0.25) is 0 Å². The number of likely N-dealkylation sites (tertiary alicyclic amines) is 2. The predicted molar refractivity (Wildman–Crippen MR) is 83.5 cm³/mol. The maximum absolute atomic E-state index is 10.6. The number of hydrogen-bond acceptors (Lipinski definition) is 4. The second-order valence-electron chi connectivity index (χ2n) is 7.02. The lowest BCUT2D eigenvalue weighted by atomic mass is 9.78. The lowest BCUT2D eigenvalue weighted by molar-refractivity contribution is -0.137. The summed E-state index contributed by atoms with van der Waals surface area (Å²) >= 11 is 0. The molecule has 6 nitrogen and oxygen atoms in total. The molecule has 122 valence electrons. The molecular weight excluding hydrogens is 280 g/mol. The van der Waals surface area contributed by atoms with Gasteiger partial charge in [0.05, 0.1) is 19.2 Å². The molecule has 2 aliphatic heterocycles. The molecule has 0 saturated carbocycles. The standard InChI is InChI=1S/C16H26N4O2/c1-18-7-3-16(4-8-18)5-9-19(13-16)11-14-10-17-20(12-14)6-2-15(21)22/h10,12H,2-9,11,13H2,1H3,(H,21,22). The van der Waals surface area contributed by atoms with Crippen molar-refractivity contribution in [3.8, 4) is 0 Å². The average molecular weight is 306 g/mol. The van der Waals surface area contributed by atoms with Gasteiger partial charge in [0, 0.05) is 24.8 Å². The van der Waals surface area contributed by atoms with Crippen LogP contribution in [0.5, 0.6) is 0 Å². The fourth-order valence-corrected chi connectivity index (χ4v) is 3.74. The van der Waals surface area contributed by atoms with Crippen LogP contribution in [0.3, 0.4) is 0 Å². The predicted octanol–water partition coefficient (Wildman–Crippen LogP) is 1.28. The third-order valence-corrected chi connectivity index (χ3v) is 5.21. The lowest BCUT2D eigenvalue weighted by Crippen LogP contribution is -2.39. The quantitative estimate of drug-likeness (QED) is 0.888. The van der Waals surface area contributed by atoms with E-state index in [9.17, 15) is 4.79 Å². The number of carbonyl (C=O) groups is 1. The zero-order valence-corrected chi connectivity index (χ0v) is 13.4. The molecule has 0 aliphatic carbocycles. The number of nitrogens with zero attached hydrogens (tertiary/aromatic N) is 4. The van der Waals surface area contributed by atoms with Crippen LogP contribution in [0.15, 0.2) is 12.4 Å². The van der Waals surface area contributed by atoms with Gasteiger partial charge in [-0.1, -0.05) is 0 Å². The molecular formula is C16H26N4O2. The summed E-state index contributed by atoms with van der Waals surface area (Å²) in [6.07, 6.45) is 7.94. The number of aryl methyl sites for hydroxylation is 1. The van der Waals surface area contributed by atoms with Crippen molar-refractivity contribution >= 4 is 5.97 Å². The van der Waals surface area contributed by atoms with Crippen LogP contribution >= 0.6 is 0 Å². The fourth-order valence-electron chi connectivity index (χ4n) is 3.74. The molecule has 0 unspecified atom stereocenters. The van der Waals surface area contributed by atoms with Crippen molar-refractivity contribution in [2.45, 2.75) is 38.8 Å². The molecule has 1 N–H and O–H groups in total. The number of carboxylic acids is 1. The van der Waals surface area contributed by atoms with Crippen LogP contribution < -0.4 is 0 Å². The second-order valence-corrected chi connectivity index (χ2v) is 7.02. The molecule has 1 spiro atoms. The molecule has 2 fully saturated rings. The van der Waals surface area contributed by atoms with Gasteiger partial charge in [-0.25, -0.2) is 0 Å². The molecule has 0 bridgehead atoms. The molecule has 0 atom stereocenters. The van der Waals surface area contributed by atoms with Gasteiger partial charge >= 0.3 is 5.97 Å². The van der Waals surface area contributed by atoms with E-state index in [0.29, 0.717) is 12.0 Å². The minimum atomic E-state index is -0.777. The zero-order chi connectivity index (χ0) is 15.6. The largest absolute Gasteiger partial charge is 0.481 e. The van der Waals surface area contributed by atoms with Crippen LogP contribution in [0, 0.1) is 5.41 Å². The summed E-state index contributed by atoms with van der Waals surface area (Å²) < 4.78 is 1.74. The maximum Gasteiger partial charge on any atom is 0.305 e. The van der Waals surface area contributed by atoms with Crippen molar-refractivity contribution in [2.24, 2.45) is 5.41 Å². The van der Waals surface area contributed by atoms with Gasteiger partial charge in [-0.15, -0.1) is 0 Å². The van der Waals surface area contributed by atoms with E-state index in [4.69, 9.17) is 5.11 Å². The molecule has 6 heteroatoms. The normalized spacial score (nSPS) is 22.4. The Morgan fingerprint density at radius 2 is 2.05 bits per heavy atom. The molecule has 3 rings (SSSR count).